The number of esters is 3. The second-order valence-corrected chi connectivity index (χ2v) is 24.1. The third-order valence-electron chi connectivity index (χ3n) is 15.9. The second kappa shape index (κ2) is 71.1. The first kappa shape index (κ1) is 79.6. The van der Waals surface area contributed by atoms with Gasteiger partial charge in [0.25, 0.3) is 0 Å². The van der Waals surface area contributed by atoms with Gasteiger partial charge in [0.2, 0.25) is 0 Å². The highest BCUT2D eigenvalue weighted by Gasteiger charge is 2.19. The Morgan fingerprint density at radius 2 is 0.470 bits per heavy atom. The van der Waals surface area contributed by atoms with Crippen molar-refractivity contribution in [1.29, 1.82) is 0 Å². The molecule has 0 rings (SSSR count). The van der Waals surface area contributed by atoms with Gasteiger partial charge >= 0.3 is 17.9 Å². The minimum atomic E-state index is -0.793. The van der Waals surface area contributed by atoms with Gasteiger partial charge in [0.1, 0.15) is 13.2 Å². The molecule has 0 saturated heterocycles. The van der Waals surface area contributed by atoms with Crippen molar-refractivity contribution in [2.24, 2.45) is 0 Å². The Hall–Kier alpha value is -3.41. The van der Waals surface area contributed by atoms with E-state index in [1.165, 1.54) is 193 Å². The Bertz CT molecular complexity index is 1570. The maximum absolute atomic E-state index is 12.9. The van der Waals surface area contributed by atoms with E-state index in [2.05, 4.69) is 106 Å². The minimum absolute atomic E-state index is 0.0855. The Labute approximate surface area is 515 Å². The molecule has 0 fully saturated rings. The minimum Gasteiger partial charge on any atom is -0.462 e. The van der Waals surface area contributed by atoms with Gasteiger partial charge in [-0.1, -0.05) is 343 Å². The molecule has 0 spiro atoms. The van der Waals surface area contributed by atoms with Crippen molar-refractivity contribution in [2.75, 3.05) is 13.2 Å². The monoisotopic (exact) mass is 1160 g/mol. The summed E-state index contributed by atoms with van der Waals surface area (Å²) in [7, 11) is 0. The predicted octanol–water partition coefficient (Wildman–Crippen LogP) is 25.0. The number of carbonyl (C=O) groups excluding carboxylic acids is 3. The normalized spacial score (nSPS) is 12.6. The fraction of sp³-hybridized carbons (Fsp3) is 0.779. The van der Waals surface area contributed by atoms with E-state index in [4.69, 9.17) is 14.2 Å². The lowest BCUT2D eigenvalue weighted by Gasteiger charge is -2.18. The maximum Gasteiger partial charge on any atom is 0.306 e. The number of allylic oxidation sites excluding steroid dienone is 14. The Kier molecular flexibility index (Phi) is 68.2. The zero-order valence-corrected chi connectivity index (χ0v) is 55.2. The van der Waals surface area contributed by atoms with Crippen molar-refractivity contribution in [3.8, 4) is 0 Å². The Morgan fingerprint density at radius 1 is 0.253 bits per heavy atom. The van der Waals surface area contributed by atoms with Gasteiger partial charge in [-0.25, -0.2) is 0 Å². The van der Waals surface area contributed by atoms with Crippen molar-refractivity contribution in [3.63, 3.8) is 0 Å². The van der Waals surface area contributed by atoms with Crippen molar-refractivity contribution >= 4 is 17.9 Å². The van der Waals surface area contributed by atoms with Crippen LogP contribution >= 0.6 is 0 Å². The van der Waals surface area contributed by atoms with Crippen molar-refractivity contribution in [3.05, 3.63) is 85.1 Å². The van der Waals surface area contributed by atoms with Crippen LogP contribution in [0.15, 0.2) is 85.1 Å². The lowest BCUT2D eigenvalue weighted by atomic mass is 10.0. The lowest BCUT2D eigenvalue weighted by molar-refractivity contribution is -0.167. The highest BCUT2D eigenvalue weighted by Crippen LogP contribution is 2.18. The van der Waals surface area contributed by atoms with Crippen molar-refractivity contribution in [2.45, 2.75) is 374 Å². The summed E-state index contributed by atoms with van der Waals surface area (Å²) < 4.78 is 17.0. The number of unbranched alkanes of at least 4 members (excludes halogenated alkanes) is 41. The third-order valence-corrected chi connectivity index (χ3v) is 15.9. The summed E-state index contributed by atoms with van der Waals surface area (Å²) in [6.07, 6.45) is 94.9. The summed E-state index contributed by atoms with van der Waals surface area (Å²) in [5.74, 6) is -0.900. The van der Waals surface area contributed by atoms with E-state index < -0.39 is 6.10 Å². The number of hydrogen-bond acceptors (Lipinski definition) is 6. The first-order valence-electron chi connectivity index (χ1n) is 36.1. The number of ether oxygens (including phenoxy) is 3. The molecule has 1 atom stereocenters. The van der Waals surface area contributed by atoms with Gasteiger partial charge < -0.3 is 14.2 Å². The highest BCUT2D eigenvalue weighted by molar-refractivity contribution is 5.71. The van der Waals surface area contributed by atoms with Crippen LogP contribution in [0.4, 0.5) is 0 Å². The fourth-order valence-electron chi connectivity index (χ4n) is 10.6. The average molecular weight is 1160 g/mol. The van der Waals surface area contributed by atoms with Gasteiger partial charge in [-0.2, -0.15) is 0 Å². The smallest absolute Gasteiger partial charge is 0.306 e. The summed E-state index contributed by atoms with van der Waals surface area (Å²) in [4.78, 5) is 38.4. The zero-order chi connectivity index (χ0) is 59.9. The molecule has 0 bridgehead atoms. The summed E-state index contributed by atoms with van der Waals surface area (Å²) in [6, 6.07) is 0. The van der Waals surface area contributed by atoms with Crippen molar-refractivity contribution < 1.29 is 28.6 Å². The van der Waals surface area contributed by atoms with E-state index >= 15 is 0 Å². The first-order chi connectivity index (χ1) is 41.0. The molecule has 0 N–H and O–H groups in total. The molecule has 0 saturated carbocycles. The molecule has 83 heavy (non-hydrogen) atoms. The molecule has 0 aliphatic carbocycles. The van der Waals surface area contributed by atoms with Crippen LogP contribution in [0.1, 0.15) is 367 Å². The third kappa shape index (κ3) is 69.3. The molecule has 0 aromatic heterocycles. The van der Waals surface area contributed by atoms with E-state index in [1.807, 2.05) is 0 Å². The van der Waals surface area contributed by atoms with E-state index in [-0.39, 0.29) is 31.1 Å². The van der Waals surface area contributed by atoms with Crippen LogP contribution < -0.4 is 0 Å². The summed E-state index contributed by atoms with van der Waals surface area (Å²) >= 11 is 0. The summed E-state index contributed by atoms with van der Waals surface area (Å²) in [5, 5.41) is 0. The van der Waals surface area contributed by atoms with Crippen LogP contribution in [0.2, 0.25) is 0 Å². The number of hydrogen-bond donors (Lipinski definition) is 0. The molecule has 0 aliphatic heterocycles. The highest BCUT2D eigenvalue weighted by atomic mass is 16.6. The van der Waals surface area contributed by atoms with Crippen molar-refractivity contribution in [1.82, 2.24) is 0 Å². The van der Waals surface area contributed by atoms with Gasteiger partial charge in [0, 0.05) is 19.3 Å². The average Bonchev–Trinajstić information content (AvgIpc) is 3.49. The van der Waals surface area contributed by atoms with Crippen LogP contribution in [0, 0.1) is 0 Å². The standard InChI is InChI=1S/C77H136O6/c1-4-7-10-13-16-19-22-25-28-30-32-33-34-35-36-37-38-39-40-41-42-43-45-46-49-52-55-58-61-64-67-70-76(79)82-73-74(72-81-75(78)69-66-63-60-57-54-51-48-27-24-21-18-15-12-9-6-3)83-77(80)71-68-65-62-59-56-53-50-47-44-31-29-26-23-20-17-14-11-8-5-2/h8-9,11-12,17-18,20-21,26-27,29,44,47-48,74H,4-7,10,13-16,19,22-25,28,30-43,45-46,49-73H2,1-3H3/b11-8-,12-9-,20-17-,21-18-,29-26-,47-44-,48-27-. The maximum atomic E-state index is 12.9. The molecule has 1 unspecified atom stereocenters. The molecule has 480 valence electrons. The lowest BCUT2D eigenvalue weighted by Crippen LogP contribution is -2.30. The quantitative estimate of drug-likeness (QED) is 0.0261. The number of carbonyl (C=O) groups is 3. The molecule has 0 aromatic carbocycles. The van der Waals surface area contributed by atoms with Crippen LogP contribution in [-0.2, 0) is 28.6 Å². The van der Waals surface area contributed by atoms with Crippen LogP contribution in [0.3, 0.4) is 0 Å². The topological polar surface area (TPSA) is 78.9 Å². The summed E-state index contributed by atoms with van der Waals surface area (Å²) in [5.41, 5.74) is 0. The molecule has 6 nitrogen and oxygen atoms in total. The molecule has 0 radical (unpaired) electrons. The Morgan fingerprint density at radius 3 is 0.735 bits per heavy atom. The zero-order valence-electron chi connectivity index (χ0n) is 55.2. The van der Waals surface area contributed by atoms with Gasteiger partial charge in [-0.05, 0) is 89.9 Å². The van der Waals surface area contributed by atoms with E-state index in [0.29, 0.717) is 19.3 Å². The molecule has 0 aliphatic rings. The van der Waals surface area contributed by atoms with Gasteiger partial charge in [0.15, 0.2) is 6.10 Å². The Balaban J connectivity index is 4.22. The summed E-state index contributed by atoms with van der Waals surface area (Å²) in [6.45, 7) is 6.44. The first-order valence-corrected chi connectivity index (χ1v) is 36.1. The second-order valence-electron chi connectivity index (χ2n) is 24.1. The molecule has 0 amide bonds. The molecular formula is C77H136O6. The predicted molar refractivity (Wildman–Crippen MR) is 362 cm³/mol. The van der Waals surface area contributed by atoms with E-state index in [9.17, 15) is 14.4 Å². The largest absolute Gasteiger partial charge is 0.462 e. The van der Waals surface area contributed by atoms with Crippen LogP contribution in [0.25, 0.3) is 0 Å². The van der Waals surface area contributed by atoms with Gasteiger partial charge in [-0.15, -0.1) is 0 Å². The molecule has 0 aromatic rings. The van der Waals surface area contributed by atoms with Crippen LogP contribution in [-0.4, -0.2) is 37.2 Å². The van der Waals surface area contributed by atoms with Gasteiger partial charge in [-0.3, -0.25) is 14.4 Å². The number of rotatable bonds is 66. The van der Waals surface area contributed by atoms with Crippen LogP contribution in [0.5, 0.6) is 0 Å². The SMILES string of the molecule is CC/C=C\C/C=C\C/C=C\C/C=C\CCCCCCCCC(=O)OC(COC(=O)CCCCCCC/C=C\C/C=C\C/C=C\CC)COC(=O)CCCCCCCCCCCCCCCCCCCCCCCCCCCCCCCCC. The van der Waals surface area contributed by atoms with Gasteiger partial charge in [0.05, 0.1) is 0 Å². The fourth-order valence-corrected chi connectivity index (χ4v) is 10.6. The molecule has 6 heteroatoms. The molecule has 0 heterocycles. The molecular weight excluding hydrogens is 1020 g/mol. The van der Waals surface area contributed by atoms with E-state index in [0.717, 1.165) is 135 Å². The van der Waals surface area contributed by atoms with E-state index in [1.54, 1.807) is 0 Å².